The number of benzene rings is 1. The number of esters is 1. The second-order valence-corrected chi connectivity index (χ2v) is 4.57. The fourth-order valence-electron chi connectivity index (χ4n) is 1.01. The molecule has 0 atom stereocenters. The van der Waals surface area contributed by atoms with Gasteiger partial charge in [-0.3, -0.25) is 9.59 Å². The van der Waals surface area contributed by atoms with Crippen molar-refractivity contribution in [1.29, 1.82) is 0 Å². The van der Waals surface area contributed by atoms with E-state index in [0.717, 1.165) is 4.47 Å². The van der Waals surface area contributed by atoms with E-state index in [1.807, 2.05) is 0 Å². The molecule has 1 aromatic rings. The number of halogens is 2. The Labute approximate surface area is 104 Å². The molecule has 0 fully saturated rings. The van der Waals surface area contributed by atoms with Crippen LogP contribution in [-0.2, 0) is 9.53 Å². The molecule has 0 spiro atoms. The molecule has 0 aliphatic carbocycles. The van der Waals surface area contributed by atoms with Gasteiger partial charge in [0, 0.05) is 14.5 Å². The summed E-state index contributed by atoms with van der Waals surface area (Å²) in [6.45, 7) is 0. The lowest BCUT2D eigenvalue weighted by Crippen LogP contribution is -2.09. The lowest BCUT2D eigenvalue weighted by atomic mass is 10.1. The fraction of sp³-hybridized carbons (Fsp3) is 0.200. The van der Waals surface area contributed by atoms with E-state index >= 15 is 0 Å². The van der Waals surface area contributed by atoms with E-state index < -0.39 is 5.97 Å². The van der Waals surface area contributed by atoms with E-state index in [4.69, 9.17) is 0 Å². The summed E-state index contributed by atoms with van der Waals surface area (Å²) in [5.74, 6) is -0.795. The van der Waals surface area contributed by atoms with Crippen LogP contribution in [0.5, 0.6) is 0 Å². The number of carbonyl (C=O) groups excluding carboxylic acids is 2. The van der Waals surface area contributed by atoms with E-state index in [9.17, 15) is 9.59 Å². The molecule has 0 bridgehead atoms. The predicted molar refractivity (Wildman–Crippen MR) is 62.8 cm³/mol. The highest BCUT2D eigenvalue weighted by atomic mass is 79.9. The Kier molecular flexibility index (Phi) is 4.47. The molecule has 0 saturated heterocycles. The van der Waals surface area contributed by atoms with Crippen molar-refractivity contribution in [2.45, 2.75) is 6.42 Å². The molecule has 1 rings (SSSR count). The number of ketones is 1. The minimum atomic E-state index is -0.533. The minimum absolute atomic E-state index is 0.239. The zero-order valence-corrected chi connectivity index (χ0v) is 11.1. The molecule has 3 nitrogen and oxygen atoms in total. The van der Waals surface area contributed by atoms with Gasteiger partial charge in [-0.15, -0.1) is 0 Å². The van der Waals surface area contributed by atoms with Crippen molar-refractivity contribution in [2.24, 2.45) is 0 Å². The lowest BCUT2D eigenvalue weighted by Gasteiger charge is -2.03. The van der Waals surface area contributed by atoms with Gasteiger partial charge in [0.05, 0.1) is 7.11 Å². The zero-order valence-electron chi connectivity index (χ0n) is 7.92. The third-order valence-electron chi connectivity index (χ3n) is 1.76. The number of Topliss-reactive ketones (excluding diaryl/α,β-unsaturated/α-hetero) is 1. The SMILES string of the molecule is COC(=O)CC(=O)c1ccc(Br)cc1Br. The summed E-state index contributed by atoms with van der Waals surface area (Å²) < 4.78 is 5.94. The van der Waals surface area contributed by atoms with Crippen molar-refractivity contribution in [3.63, 3.8) is 0 Å². The molecule has 0 N–H and O–H groups in total. The van der Waals surface area contributed by atoms with Crippen LogP contribution in [0.15, 0.2) is 27.1 Å². The van der Waals surface area contributed by atoms with Crippen molar-refractivity contribution >= 4 is 43.6 Å². The van der Waals surface area contributed by atoms with Crippen LogP contribution in [0.3, 0.4) is 0 Å². The van der Waals surface area contributed by atoms with Crippen LogP contribution in [0.4, 0.5) is 0 Å². The smallest absolute Gasteiger partial charge is 0.313 e. The summed E-state index contributed by atoms with van der Waals surface area (Å²) in [4.78, 5) is 22.5. The zero-order chi connectivity index (χ0) is 11.4. The first-order valence-electron chi connectivity index (χ1n) is 4.09. The number of hydrogen-bond donors (Lipinski definition) is 0. The van der Waals surface area contributed by atoms with Gasteiger partial charge in [-0.2, -0.15) is 0 Å². The standard InChI is InChI=1S/C10H8Br2O3/c1-15-10(14)5-9(13)7-3-2-6(11)4-8(7)12/h2-4H,5H2,1H3. The Balaban J connectivity index is 2.87. The van der Waals surface area contributed by atoms with E-state index in [2.05, 4.69) is 36.6 Å². The first-order valence-corrected chi connectivity index (χ1v) is 5.68. The Morgan fingerprint density at radius 3 is 2.53 bits per heavy atom. The molecule has 1 aromatic carbocycles. The van der Waals surface area contributed by atoms with Gasteiger partial charge in [0.2, 0.25) is 0 Å². The third-order valence-corrected chi connectivity index (χ3v) is 2.91. The van der Waals surface area contributed by atoms with Crippen LogP contribution in [0.1, 0.15) is 16.8 Å². The van der Waals surface area contributed by atoms with Crippen molar-refractivity contribution in [3.8, 4) is 0 Å². The molecule has 15 heavy (non-hydrogen) atoms. The Morgan fingerprint density at radius 2 is 2.00 bits per heavy atom. The highest BCUT2D eigenvalue weighted by Crippen LogP contribution is 2.23. The minimum Gasteiger partial charge on any atom is -0.469 e. The molecule has 0 unspecified atom stereocenters. The monoisotopic (exact) mass is 334 g/mol. The van der Waals surface area contributed by atoms with Crippen LogP contribution in [0.25, 0.3) is 0 Å². The Bertz CT molecular complexity index is 402. The van der Waals surface area contributed by atoms with E-state index in [0.29, 0.717) is 10.0 Å². The van der Waals surface area contributed by atoms with Gasteiger partial charge in [-0.25, -0.2) is 0 Å². The number of ether oxygens (including phenoxy) is 1. The second-order valence-electron chi connectivity index (χ2n) is 2.80. The molecule has 0 saturated carbocycles. The molecule has 5 heteroatoms. The maximum Gasteiger partial charge on any atom is 0.313 e. The van der Waals surface area contributed by atoms with Crippen LogP contribution in [-0.4, -0.2) is 18.9 Å². The maximum atomic E-state index is 11.6. The summed E-state index contributed by atoms with van der Waals surface area (Å²) >= 11 is 6.53. The van der Waals surface area contributed by atoms with Gasteiger partial charge < -0.3 is 4.74 Å². The van der Waals surface area contributed by atoms with Crippen LogP contribution in [0.2, 0.25) is 0 Å². The highest BCUT2D eigenvalue weighted by Gasteiger charge is 2.14. The Hall–Kier alpha value is -0.680. The van der Waals surface area contributed by atoms with Gasteiger partial charge in [-0.1, -0.05) is 31.9 Å². The summed E-state index contributed by atoms with van der Waals surface area (Å²) in [7, 11) is 1.26. The van der Waals surface area contributed by atoms with Gasteiger partial charge >= 0.3 is 5.97 Å². The fourth-order valence-corrected chi connectivity index (χ4v) is 2.28. The largest absolute Gasteiger partial charge is 0.469 e. The molecule has 0 aliphatic rings. The van der Waals surface area contributed by atoms with Crippen LogP contribution < -0.4 is 0 Å². The Morgan fingerprint density at radius 1 is 1.33 bits per heavy atom. The topological polar surface area (TPSA) is 43.4 Å². The summed E-state index contributed by atoms with van der Waals surface area (Å²) in [5, 5.41) is 0. The molecule has 80 valence electrons. The summed E-state index contributed by atoms with van der Waals surface area (Å²) in [6, 6.07) is 5.15. The maximum absolute atomic E-state index is 11.6. The predicted octanol–water partition coefficient (Wildman–Crippen LogP) is 2.96. The van der Waals surface area contributed by atoms with Crippen LogP contribution >= 0.6 is 31.9 Å². The second kappa shape index (κ2) is 5.42. The van der Waals surface area contributed by atoms with Crippen LogP contribution in [0, 0.1) is 0 Å². The molecular weight excluding hydrogens is 328 g/mol. The molecule has 0 aromatic heterocycles. The van der Waals surface area contributed by atoms with E-state index in [-0.39, 0.29) is 12.2 Å². The normalized spacial score (nSPS) is 9.80. The van der Waals surface area contributed by atoms with Gasteiger partial charge in [0.15, 0.2) is 5.78 Å². The van der Waals surface area contributed by atoms with Crippen molar-refractivity contribution in [2.75, 3.05) is 7.11 Å². The van der Waals surface area contributed by atoms with Crippen molar-refractivity contribution in [1.82, 2.24) is 0 Å². The molecule has 0 aliphatic heterocycles. The third kappa shape index (κ3) is 3.43. The highest BCUT2D eigenvalue weighted by molar-refractivity contribution is 9.11. The van der Waals surface area contributed by atoms with Gasteiger partial charge in [-0.05, 0) is 18.2 Å². The number of methoxy groups -OCH3 is 1. The average molecular weight is 336 g/mol. The molecule has 0 radical (unpaired) electrons. The number of hydrogen-bond acceptors (Lipinski definition) is 3. The number of rotatable bonds is 3. The lowest BCUT2D eigenvalue weighted by molar-refractivity contribution is -0.139. The van der Waals surface area contributed by atoms with E-state index in [1.54, 1.807) is 18.2 Å². The van der Waals surface area contributed by atoms with Gasteiger partial charge in [0.25, 0.3) is 0 Å². The average Bonchev–Trinajstić information content (AvgIpc) is 2.17. The van der Waals surface area contributed by atoms with Crippen molar-refractivity contribution < 1.29 is 14.3 Å². The summed E-state index contributed by atoms with van der Waals surface area (Å²) in [6.07, 6.45) is -0.239. The quantitative estimate of drug-likeness (QED) is 0.484. The van der Waals surface area contributed by atoms with Crippen molar-refractivity contribution in [3.05, 3.63) is 32.7 Å². The van der Waals surface area contributed by atoms with Gasteiger partial charge in [0.1, 0.15) is 6.42 Å². The molecule has 0 amide bonds. The number of carbonyl (C=O) groups is 2. The van der Waals surface area contributed by atoms with E-state index in [1.165, 1.54) is 7.11 Å². The first-order chi connectivity index (χ1) is 7.04. The molecule has 0 heterocycles. The first kappa shape index (κ1) is 12.4. The summed E-state index contributed by atoms with van der Waals surface area (Å²) in [5.41, 5.74) is 0.476. The molecular formula is C10H8Br2O3.